The normalized spacial score (nSPS) is 22.2. The number of aromatic nitrogens is 2. The standard InChI is InChI=1S/C18H30N4O2/c1-13-7-6-8-22(12-15-10-19-14(2)9-20-15)16(13)11-21-17(23)24-18(3,4)5/h9-10,13,16H,6-8,11-12H2,1-5H3,(H,21,23)/t13-,16-/m0/s1. The minimum atomic E-state index is -0.473. The second-order valence-electron chi connectivity index (χ2n) is 7.69. The van der Waals surface area contributed by atoms with Crippen LogP contribution in [0.3, 0.4) is 0 Å². The smallest absolute Gasteiger partial charge is 0.407 e. The van der Waals surface area contributed by atoms with Gasteiger partial charge < -0.3 is 10.1 Å². The number of hydrogen-bond donors (Lipinski definition) is 1. The van der Waals surface area contributed by atoms with E-state index in [1.807, 2.05) is 33.9 Å². The number of alkyl carbamates (subject to hydrolysis) is 1. The summed E-state index contributed by atoms with van der Waals surface area (Å²) in [6.45, 7) is 12.2. The van der Waals surface area contributed by atoms with Crippen molar-refractivity contribution in [1.29, 1.82) is 0 Å². The molecule has 0 saturated carbocycles. The lowest BCUT2D eigenvalue weighted by Crippen LogP contribution is -2.50. The summed E-state index contributed by atoms with van der Waals surface area (Å²) in [5.74, 6) is 0.520. The highest BCUT2D eigenvalue weighted by molar-refractivity contribution is 5.67. The maximum atomic E-state index is 11.9. The molecule has 2 atom stereocenters. The predicted molar refractivity (Wildman–Crippen MR) is 93.6 cm³/mol. The zero-order valence-corrected chi connectivity index (χ0v) is 15.5. The zero-order valence-electron chi connectivity index (χ0n) is 15.5. The maximum absolute atomic E-state index is 11.9. The van der Waals surface area contributed by atoms with Crippen molar-refractivity contribution in [3.63, 3.8) is 0 Å². The molecule has 0 bridgehead atoms. The van der Waals surface area contributed by atoms with Crippen LogP contribution in [0.15, 0.2) is 12.4 Å². The molecule has 6 nitrogen and oxygen atoms in total. The van der Waals surface area contributed by atoms with Gasteiger partial charge >= 0.3 is 6.09 Å². The van der Waals surface area contributed by atoms with Crippen LogP contribution in [-0.4, -0.2) is 45.7 Å². The number of rotatable bonds is 4. The van der Waals surface area contributed by atoms with Crippen molar-refractivity contribution in [2.45, 2.75) is 65.6 Å². The zero-order chi connectivity index (χ0) is 17.7. The van der Waals surface area contributed by atoms with Gasteiger partial charge in [0.15, 0.2) is 0 Å². The Hall–Kier alpha value is -1.69. The fraction of sp³-hybridized carbons (Fsp3) is 0.722. The summed E-state index contributed by atoms with van der Waals surface area (Å²) in [5.41, 5.74) is 1.42. The Morgan fingerprint density at radius 2 is 2.12 bits per heavy atom. The molecule has 1 saturated heterocycles. The van der Waals surface area contributed by atoms with Crippen molar-refractivity contribution in [3.8, 4) is 0 Å². The highest BCUT2D eigenvalue weighted by atomic mass is 16.6. The molecule has 0 aromatic carbocycles. The summed E-state index contributed by atoms with van der Waals surface area (Å²) in [5, 5.41) is 2.93. The van der Waals surface area contributed by atoms with Crippen LogP contribution in [0.1, 0.15) is 51.9 Å². The number of carbonyl (C=O) groups excluding carboxylic acids is 1. The number of carbonyl (C=O) groups is 1. The predicted octanol–water partition coefficient (Wildman–Crippen LogP) is 2.91. The van der Waals surface area contributed by atoms with Crippen LogP contribution in [0, 0.1) is 12.8 Å². The molecule has 2 heterocycles. The quantitative estimate of drug-likeness (QED) is 0.917. The van der Waals surface area contributed by atoms with Gasteiger partial charge in [0, 0.05) is 31.5 Å². The first-order valence-electron chi connectivity index (χ1n) is 8.73. The van der Waals surface area contributed by atoms with E-state index < -0.39 is 5.60 Å². The van der Waals surface area contributed by atoms with Gasteiger partial charge in [-0.1, -0.05) is 6.92 Å². The van der Waals surface area contributed by atoms with Crippen LogP contribution in [-0.2, 0) is 11.3 Å². The van der Waals surface area contributed by atoms with Gasteiger partial charge in [0.05, 0.1) is 11.4 Å². The van der Waals surface area contributed by atoms with E-state index in [0.29, 0.717) is 12.5 Å². The SMILES string of the molecule is Cc1cnc(CN2CCC[C@H](C)[C@@H]2CNC(=O)OC(C)(C)C)cn1. The van der Waals surface area contributed by atoms with Gasteiger partial charge in [0.1, 0.15) is 5.60 Å². The van der Waals surface area contributed by atoms with Gasteiger partial charge in [-0.25, -0.2) is 4.79 Å². The second-order valence-corrected chi connectivity index (χ2v) is 7.69. The third-order valence-corrected chi connectivity index (χ3v) is 4.28. The van der Waals surface area contributed by atoms with Gasteiger partial charge in [-0.2, -0.15) is 0 Å². The summed E-state index contributed by atoms with van der Waals surface area (Å²) in [7, 11) is 0. The molecule has 6 heteroatoms. The molecule has 0 spiro atoms. The van der Waals surface area contributed by atoms with E-state index in [2.05, 4.69) is 27.1 Å². The largest absolute Gasteiger partial charge is 0.444 e. The number of amides is 1. The van der Waals surface area contributed by atoms with Crippen molar-refractivity contribution in [2.24, 2.45) is 5.92 Å². The fourth-order valence-electron chi connectivity index (χ4n) is 3.07. The van der Waals surface area contributed by atoms with Crippen LogP contribution >= 0.6 is 0 Å². The van der Waals surface area contributed by atoms with Crippen LogP contribution in [0.4, 0.5) is 4.79 Å². The molecule has 24 heavy (non-hydrogen) atoms. The molecule has 134 valence electrons. The molecule has 1 aromatic heterocycles. The average molecular weight is 334 g/mol. The Kier molecular flexibility index (Phi) is 6.15. The molecule has 1 aliphatic rings. The third kappa shape index (κ3) is 5.74. The maximum Gasteiger partial charge on any atom is 0.407 e. The summed E-state index contributed by atoms with van der Waals surface area (Å²) in [6, 6.07) is 0.286. The van der Waals surface area contributed by atoms with Crippen LogP contribution in [0.25, 0.3) is 0 Å². The molecular weight excluding hydrogens is 304 g/mol. The number of piperidine rings is 1. The van der Waals surface area contributed by atoms with Crippen LogP contribution in [0.2, 0.25) is 0 Å². The van der Waals surface area contributed by atoms with Crippen molar-refractivity contribution in [2.75, 3.05) is 13.1 Å². The van der Waals surface area contributed by atoms with Gasteiger partial charge in [0.2, 0.25) is 0 Å². The lowest BCUT2D eigenvalue weighted by molar-refractivity contribution is 0.0455. The Morgan fingerprint density at radius 3 is 2.75 bits per heavy atom. The molecule has 0 unspecified atom stereocenters. The average Bonchev–Trinajstić information content (AvgIpc) is 2.47. The Bertz CT molecular complexity index is 539. The minimum Gasteiger partial charge on any atom is -0.444 e. The van der Waals surface area contributed by atoms with E-state index in [0.717, 1.165) is 24.5 Å². The van der Waals surface area contributed by atoms with Crippen LogP contribution < -0.4 is 5.32 Å². The topological polar surface area (TPSA) is 67.4 Å². The van der Waals surface area contributed by atoms with E-state index in [1.165, 1.54) is 12.8 Å². The summed E-state index contributed by atoms with van der Waals surface area (Å²) >= 11 is 0. The molecule has 0 aliphatic carbocycles. The number of likely N-dealkylation sites (tertiary alicyclic amines) is 1. The Labute approximate surface area is 145 Å². The third-order valence-electron chi connectivity index (χ3n) is 4.28. The molecule has 1 amide bonds. The number of nitrogens with zero attached hydrogens (tertiary/aromatic N) is 3. The van der Waals surface area contributed by atoms with Gasteiger partial charge in [0.25, 0.3) is 0 Å². The number of nitrogens with one attached hydrogen (secondary N) is 1. The first kappa shape index (κ1) is 18.6. The van der Waals surface area contributed by atoms with Gasteiger partial charge in [-0.3, -0.25) is 14.9 Å². The molecule has 1 fully saturated rings. The van der Waals surface area contributed by atoms with E-state index in [1.54, 1.807) is 6.20 Å². The molecule has 2 rings (SSSR count). The van der Waals surface area contributed by atoms with Crippen LogP contribution in [0.5, 0.6) is 0 Å². The fourth-order valence-corrected chi connectivity index (χ4v) is 3.07. The Balaban J connectivity index is 1.95. The first-order valence-corrected chi connectivity index (χ1v) is 8.73. The van der Waals surface area contributed by atoms with Crippen molar-refractivity contribution >= 4 is 6.09 Å². The van der Waals surface area contributed by atoms with Gasteiger partial charge in [-0.15, -0.1) is 0 Å². The molecule has 1 aromatic rings. The number of hydrogen-bond acceptors (Lipinski definition) is 5. The summed E-state index contributed by atoms with van der Waals surface area (Å²) in [6.07, 6.45) is 5.64. The van der Waals surface area contributed by atoms with E-state index in [9.17, 15) is 4.79 Å². The molecule has 1 aliphatic heterocycles. The van der Waals surface area contributed by atoms with Gasteiger partial charge in [-0.05, 0) is 53.0 Å². The lowest BCUT2D eigenvalue weighted by atomic mass is 9.90. The monoisotopic (exact) mass is 334 g/mol. The number of aryl methyl sites for hydroxylation is 1. The first-order chi connectivity index (χ1) is 11.2. The highest BCUT2D eigenvalue weighted by Crippen LogP contribution is 2.24. The number of ether oxygens (including phenoxy) is 1. The molecule has 0 radical (unpaired) electrons. The Morgan fingerprint density at radius 1 is 1.38 bits per heavy atom. The molecule has 1 N–H and O–H groups in total. The summed E-state index contributed by atoms with van der Waals surface area (Å²) in [4.78, 5) is 23.1. The van der Waals surface area contributed by atoms with E-state index in [-0.39, 0.29) is 12.1 Å². The van der Waals surface area contributed by atoms with Crippen molar-refractivity contribution in [1.82, 2.24) is 20.2 Å². The molecular formula is C18H30N4O2. The second kappa shape index (κ2) is 7.92. The van der Waals surface area contributed by atoms with Crippen molar-refractivity contribution in [3.05, 3.63) is 23.8 Å². The minimum absolute atomic E-state index is 0.286. The summed E-state index contributed by atoms with van der Waals surface area (Å²) < 4.78 is 5.34. The highest BCUT2D eigenvalue weighted by Gasteiger charge is 2.29. The lowest BCUT2D eigenvalue weighted by Gasteiger charge is -2.40. The van der Waals surface area contributed by atoms with E-state index in [4.69, 9.17) is 4.74 Å². The van der Waals surface area contributed by atoms with E-state index >= 15 is 0 Å². The van der Waals surface area contributed by atoms with Crippen molar-refractivity contribution < 1.29 is 9.53 Å².